The van der Waals surface area contributed by atoms with Gasteiger partial charge in [0.15, 0.2) is 0 Å². The molecule has 1 rings (SSSR count). The van der Waals surface area contributed by atoms with Gasteiger partial charge in [0.1, 0.15) is 0 Å². The quantitative estimate of drug-likeness (QED) is 0.523. The molecular weight excluding hydrogens is 258 g/mol. The highest BCUT2D eigenvalue weighted by Crippen LogP contribution is 1.99. The van der Waals surface area contributed by atoms with Crippen LogP contribution in [0.3, 0.4) is 0 Å². The molecule has 0 fully saturated rings. The minimum absolute atomic E-state index is 0.143. The van der Waals surface area contributed by atoms with Crippen LogP contribution < -0.4 is 16.2 Å². The van der Waals surface area contributed by atoms with Gasteiger partial charge in [-0.3, -0.25) is 10.1 Å². The monoisotopic (exact) mass is 277 g/mol. The smallest absolute Gasteiger partial charge is 0.321 e. The standard InChI is InChI=1S/C13H19N5O2/c1-10-9-11(19)17-12(16-10)18-13(20)15-8-6-4-3-5-7-14-2/h9H,3-8H2,1H3,(H3,15,16,17,18,19,20). The first-order valence-corrected chi connectivity index (χ1v) is 6.58. The molecule has 0 radical (unpaired) electrons. The molecule has 0 bridgehead atoms. The van der Waals surface area contributed by atoms with E-state index in [1.807, 2.05) is 0 Å². The molecule has 0 saturated heterocycles. The predicted octanol–water partition coefficient (Wildman–Crippen LogP) is 1.68. The van der Waals surface area contributed by atoms with Crippen molar-refractivity contribution in [3.8, 4) is 0 Å². The third-order valence-electron chi connectivity index (χ3n) is 2.59. The SMILES string of the molecule is [C-]#[N+]CCCCCCNC(=O)Nc1nc(=O)cc(C)[nH]1. The zero-order valence-corrected chi connectivity index (χ0v) is 11.5. The molecule has 0 spiro atoms. The number of hydrogen-bond acceptors (Lipinski definition) is 3. The zero-order chi connectivity index (χ0) is 14.8. The van der Waals surface area contributed by atoms with Crippen LogP contribution in [0.5, 0.6) is 0 Å². The van der Waals surface area contributed by atoms with Gasteiger partial charge in [-0.15, -0.1) is 0 Å². The second-order valence-electron chi connectivity index (χ2n) is 4.43. The van der Waals surface area contributed by atoms with Crippen LogP contribution in [0, 0.1) is 13.5 Å². The highest BCUT2D eigenvalue weighted by Gasteiger charge is 2.03. The van der Waals surface area contributed by atoms with E-state index in [1.165, 1.54) is 6.07 Å². The number of unbranched alkanes of at least 4 members (excludes halogenated alkanes) is 3. The van der Waals surface area contributed by atoms with E-state index in [0.717, 1.165) is 25.7 Å². The van der Waals surface area contributed by atoms with Gasteiger partial charge < -0.3 is 15.1 Å². The molecule has 0 atom stereocenters. The maximum atomic E-state index is 11.5. The molecule has 3 N–H and O–H groups in total. The van der Waals surface area contributed by atoms with E-state index >= 15 is 0 Å². The number of hydrogen-bond donors (Lipinski definition) is 3. The van der Waals surface area contributed by atoms with Crippen molar-refractivity contribution in [2.24, 2.45) is 0 Å². The van der Waals surface area contributed by atoms with E-state index in [4.69, 9.17) is 6.57 Å². The average Bonchev–Trinajstić information content (AvgIpc) is 2.36. The minimum Gasteiger partial charge on any atom is -0.338 e. The molecule has 1 aromatic heterocycles. The molecule has 1 heterocycles. The lowest BCUT2D eigenvalue weighted by Crippen LogP contribution is -2.31. The van der Waals surface area contributed by atoms with Gasteiger partial charge in [0.25, 0.3) is 5.56 Å². The third-order valence-corrected chi connectivity index (χ3v) is 2.59. The Balaban J connectivity index is 2.20. The van der Waals surface area contributed by atoms with Crippen LogP contribution in [0.2, 0.25) is 0 Å². The van der Waals surface area contributed by atoms with Crippen molar-refractivity contribution in [3.05, 3.63) is 33.5 Å². The van der Waals surface area contributed by atoms with Crippen LogP contribution in [0.1, 0.15) is 31.4 Å². The molecule has 7 heteroatoms. The summed E-state index contributed by atoms with van der Waals surface area (Å²) in [6.07, 6.45) is 3.75. The largest absolute Gasteiger partial charge is 0.338 e. The van der Waals surface area contributed by atoms with Crippen LogP contribution in [0.4, 0.5) is 10.7 Å². The molecule has 0 unspecified atom stereocenters. The molecule has 0 saturated carbocycles. The van der Waals surface area contributed by atoms with Crippen molar-refractivity contribution in [1.29, 1.82) is 0 Å². The lowest BCUT2D eigenvalue weighted by molar-refractivity contribution is 0.251. The van der Waals surface area contributed by atoms with Crippen LogP contribution >= 0.6 is 0 Å². The highest BCUT2D eigenvalue weighted by atomic mass is 16.2. The fourth-order valence-corrected chi connectivity index (χ4v) is 1.66. The Morgan fingerprint density at radius 3 is 2.85 bits per heavy atom. The topological polar surface area (TPSA) is 91.2 Å². The van der Waals surface area contributed by atoms with Crippen LogP contribution in [0.15, 0.2) is 10.9 Å². The Bertz CT molecular complexity index is 532. The lowest BCUT2D eigenvalue weighted by Gasteiger charge is -2.06. The number of aryl methyl sites for hydroxylation is 1. The number of H-pyrrole nitrogens is 1. The van der Waals surface area contributed by atoms with Crippen molar-refractivity contribution in [3.63, 3.8) is 0 Å². The molecular formula is C13H19N5O2. The molecule has 2 amide bonds. The van der Waals surface area contributed by atoms with Crippen LogP contribution in [-0.4, -0.2) is 29.1 Å². The van der Waals surface area contributed by atoms with E-state index in [1.54, 1.807) is 6.92 Å². The van der Waals surface area contributed by atoms with Crippen LogP contribution in [0.25, 0.3) is 4.85 Å². The summed E-state index contributed by atoms with van der Waals surface area (Å²) in [6, 6.07) is 0.964. The van der Waals surface area contributed by atoms with Gasteiger partial charge in [-0.25, -0.2) is 11.4 Å². The fraction of sp³-hybridized carbons (Fsp3) is 0.538. The first-order chi connectivity index (χ1) is 9.61. The van der Waals surface area contributed by atoms with Crippen LogP contribution in [-0.2, 0) is 0 Å². The Hall–Kier alpha value is -2.36. The summed E-state index contributed by atoms with van der Waals surface area (Å²) in [7, 11) is 0. The summed E-state index contributed by atoms with van der Waals surface area (Å²) in [4.78, 5) is 32.4. The molecule has 108 valence electrons. The highest BCUT2D eigenvalue weighted by molar-refractivity contribution is 5.87. The predicted molar refractivity (Wildman–Crippen MR) is 76.6 cm³/mol. The fourth-order valence-electron chi connectivity index (χ4n) is 1.66. The van der Waals surface area contributed by atoms with Crippen molar-refractivity contribution in [2.75, 3.05) is 18.4 Å². The molecule has 0 aliphatic heterocycles. The number of nitrogens with one attached hydrogen (secondary N) is 3. The Labute approximate surface area is 117 Å². The van der Waals surface area contributed by atoms with E-state index in [9.17, 15) is 9.59 Å². The summed E-state index contributed by atoms with van der Waals surface area (Å²) in [6.45, 7) is 9.48. The Kier molecular flexibility index (Phi) is 6.82. The van der Waals surface area contributed by atoms with Gasteiger partial charge in [0.2, 0.25) is 12.5 Å². The number of rotatable bonds is 7. The van der Waals surface area contributed by atoms with E-state index < -0.39 is 5.56 Å². The van der Waals surface area contributed by atoms with Crippen molar-refractivity contribution in [2.45, 2.75) is 32.6 Å². The molecule has 0 aliphatic rings. The first-order valence-electron chi connectivity index (χ1n) is 6.58. The summed E-state index contributed by atoms with van der Waals surface area (Å²) >= 11 is 0. The maximum absolute atomic E-state index is 11.5. The first kappa shape index (κ1) is 15.7. The van der Waals surface area contributed by atoms with Gasteiger partial charge in [-0.2, -0.15) is 4.98 Å². The summed E-state index contributed by atoms with van der Waals surface area (Å²) in [5.41, 5.74) is 0.247. The van der Waals surface area contributed by atoms with Gasteiger partial charge >= 0.3 is 6.03 Å². The van der Waals surface area contributed by atoms with E-state index in [0.29, 0.717) is 18.8 Å². The average molecular weight is 277 g/mol. The summed E-state index contributed by atoms with van der Waals surface area (Å²) in [5, 5.41) is 5.17. The number of urea groups is 1. The second-order valence-corrected chi connectivity index (χ2v) is 4.43. The Morgan fingerprint density at radius 2 is 2.15 bits per heavy atom. The Morgan fingerprint density at radius 1 is 1.40 bits per heavy atom. The van der Waals surface area contributed by atoms with Gasteiger partial charge in [-0.05, 0) is 19.8 Å². The maximum Gasteiger partial charge on any atom is 0.321 e. The van der Waals surface area contributed by atoms with E-state index in [-0.39, 0.29) is 12.0 Å². The van der Waals surface area contributed by atoms with Gasteiger partial charge in [0, 0.05) is 24.7 Å². The number of carbonyl (C=O) groups excluding carboxylic acids is 1. The number of aromatic nitrogens is 2. The normalized spacial score (nSPS) is 9.80. The third kappa shape index (κ3) is 6.54. The number of aromatic amines is 1. The number of carbonyl (C=O) groups is 1. The van der Waals surface area contributed by atoms with Gasteiger partial charge in [-0.1, -0.05) is 6.42 Å². The number of nitrogens with zero attached hydrogens (tertiary/aromatic N) is 2. The van der Waals surface area contributed by atoms with Gasteiger partial charge in [0.05, 0.1) is 0 Å². The van der Waals surface area contributed by atoms with Crippen molar-refractivity contribution < 1.29 is 4.79 Å². The minimum atomic E-state index is -0.392. The molecule has 7 nitrogen and oxygen atoms in total. The van der Waals surface area contributed by atoms with Crippen molar-refractivity contribution in [1.82, 2.24) is 15.3 Å². The second kappa shape index (κ2) is 8.69. The number of amides is 2. The summed E-state index contributed by atoms with van der Waals surface area (Å²) < 4.78 is 0. The molecule has 0 aliphatic carbocycles. The van der Waals surface area contributed by atoms with E-state index in [2.05, 4.69) is 25.4 Å². The zero-order valence-electron chi connectivity index (χ0n) is 11.5. The molecule has 20 heavy (non-hydrogen) atoms. The lowest BCUT2D eigenvalue weighted by atomic mass is 10.2. The molecule has 0 aromatic carbocycles. The summed E-state index contributed by atoms with van der Waals surface area (Å²) in [5.74, 6) is 0.143. The van der Waals surface area contributed by atoms with Crippen molar-refractivity contribution >= 4 is 12.0 Å². The molecule has 1 aromatic rings. The number of anilines is 1.